The first kappa shape index (κ1) is 12.5. The molecule has 3 nitrogen and oxygen atoms in total. The van der Waals surface area contributed by atoms with Crippen molar-refractivity contribution in [1.29, 1.82) is 0 Å². The molecule has 15 heavy (non-hydrogen) atoms. The van der Waals surface area contributed by atoms with Crippen LogP contribution >= 0.6 is 11.6 Å². The second-order valence-corrected chi connectivity index (χ2v) is 4.22. The summed E-state index contributed by atoms with van der Waals surface area (Å²) in [6, 6.07) is 0.575. The summed E-state index contributed by atoms with van der Waals surface area (Å²) < 4.78 is 2.10. The first-order valence-corrected chi connectivity index (χ1v) is 6.11. The van der Waals surface area contributed by atoms with Gasteiger partial charge in [0.1, 0.15) is 0 Å². The van der Waals surface area contributed by atoms with Crippen molar-refractivity contribution >= 4 is 11.6 Å². The lowest BCUT2D eigenvalue weighted by Crippen LogP contribution is -2.27. The van der Waals surface area contributed by atoms with Gasteiger partial charge in [0, 0.05) is 30.9 Å². The van der Waals surface area contributed by atoms with E-state index in [0.29, 0.717) is 6.04 Å². The monoisotopic (exact) mass is 229 g/mol. The summed E-state index contributed by atoms with van der Waals surface area (Å²) in [5, 5.41) is 3.49. The van der Waals surface area contributed by atoms with Crippen LogP contribution in [0.25, 0.3) is 0 Å². The lowest BCUT2D eigenvalue weighted by atomic mass is 10.2. The van der Waals surface area contributed by atoms with Gasteiger partial charge in [-0.15, -0.1) is 11.6 Å². The van der Waals surface area contributed by atoms with E-state index in [0.717, 1.165) is 38.2 Å². The summed E-state index contributed by atoms with van der Waals surface area (Å²) in [5.41, 5.74) is 0. The van der Waals surface area contributed by atoms with E-state index in [-0.39, 0.29) is 0 Å². The van der Waals surface area contributed by atoms with Crippen molar-refractivity contribution in [3.63, 3.8) is 0 Å². The van der Waals surface area contributed by atoms with E-state index in [9.17, 15) is 0 Å². The Morgan fingerprint density at radius 1 is 1.47 bits per heavy atom. The molecule has 4 heteroatoms. The first-order valence-electron chi connectivity index (χ1n) is 5.58. The van der Waals surface area contributed by atoms with Gasteiger partial charge in [0.2, 0.25) is 0 Å². The predicted octanol–water partition coefficient (Wildman–Crippen LogP) is 2.27. The highest BCUT2D eigenvalue weighted by Crippen LogP contribution is 1.98. The minimum Gasteiger partial charge on any atom is -0.337 e. The van der Waals surface area contributed by atoms with Crippen LogP contribution in [0.4, 0.5) is 0 Å². The summed E-state index contributed by atoms with van der Waals surface area (Å²) >= 11 is 5.64. The molecule has 1 heterocycles. The molecule has 1 aromatic rings. The zero-order valence-electron chi connectivity index (χ0n) is 9.32. The van der Waals surface area contributed by atoms with Crippen LogP contribution in [0.2, 0.25) is 0 Å². The Hall–Kier alpha value is -0.540. The second-order valence-electron chi connectivity index (χ2n) is 3.84. The predicted molar refractivity (Wildman–Crippen MR) is 64.3 cm³/mol. The molecular weight excluding hydrogens is 210 g/mol. The number of hydrogen-bond acceptors (Lipinski definition) is 2. The SMILES string of the molecule is CC(CCCCl)NCCCn1ccnc1. The fourth-order valence-electron chi connectivity index (χ4n) is 1.51. The normalized spacial score (nSPS) is 12.9. The van der Waals surface area contributed by atoms with Crippen LogP contribution < -0.4 is 5.32 Å². The van der Waals surface area contributed by atoms with Gasteiger partial charge >= 0.3 is 0 Å². The van der Waals surface area contributed by atoms with Crippen LogP contribution in [0.3, 0.4) is 0 Å². The number of aryl methyl sites for hydroxylation is 1. The largest absolute Gasteiger partial charge is 0.337 e. The Morgan fingerprint density at radius 2 is 2.33 bits per heavy atom. The maximum atomic E-state index is 5.64. The number of alkyl halides is 1. The average Bonchev–Trinajstić information content (AvgIpc) is 2.74. The molecule has 0 saturated heterocycles. The van der Waals surface area contributed by atoms with E-state index < -0.39 is 0 Å². The van der Waals surface area contributed by atoms with Crippen LogP contribution in [0.15, 0.2) is 18.7 Å². The van der Waals surface area contributed by atoms with Gasteiger partial charge in [-0.2, -0.15) is 0 Å². The Balaban J connectivity index is 1.97. The molecule has 0 aliphatic heterocycles. The molecule has 0 fully saturated rings. The average molecular weight is 230 g/mol. The van der Waals surface area contributed by atoms with E-state index in [2.05, 4.69) is 21.8 Å². The molecule has 1 rings (SSSR count). The molecule has 0 radical (unpaired) electrons. The summed E-state index contributed by atoms with van der Waals surface area (Å²) in [6.07, 6.45) is 9.07. The third kappa shape index (κ3) is 5.80. The number of halogens is 1. The summed E-state index contributed by atoms with van der Waals surface area (Å²) in [6.45, 7) is 4.31. The van der Waals surface area contributed by atoms with Gasteiger partial charge in [-0.25, -0.2) is 4.98 Å². The third-order valence-corrected chi connectivity index (χ3v) is 2.68. The maximum Gasteiger partial charge on any atom is 0.0945 e. The van der Waals surface area contributed by atoms with Crippen molar-refractivity contribution in [2.45, 2.75) is 38.8 Å². The Kier molecular flexibility index (Phi) is 6.44. The Morgan fingerprint density at radius 3 is 3.00 bits per heavy atom. The lowest BCUT2D eigenvalue weighted by Gasteiger charge is -2.12. The van der Waals surface area contributed by atoms with E-state index in [1.54, 1.807) is 0 Å². The molecule has 0 saturated carbocycles. The molecule has 0 aliphatic carbocycles. The first-order chi connectivity index (χ1) is 7.33. The second kappa shape index (κ2) is 7.71. The number of nitrogens with zero attached hydrogens (tertiary/aromatic N) is 2. The van der Waals surface area contributed by atoms with Crippen molar-refractivity contribution in [2.24, 2.45) is 0 Å². The van der Waals surface area contributed by atoms with Gasteiger partial charge in [0.15, 0.2) is 0 Å². The highest BCUT2D eigenvalue weighted by atomic mass is 35.5. The van der Waals surface area contributed by atoms with Gasteiger partial charge in [-0.05, 0) is 32.7 Å². The van der Waals surface area contributed by atoms with Crippen molar-refractivity contribution in [1.82, 2.24) is 14.9 Å². The number of imidazole rings is 1. The molecule has 0 aromatic carbocycles. The molecule has 1 N–H and O–H groups in total. The quantitative estimate of drug-likeness (QED) is 0.548. The van der Waals surface area contributed by atoms with Crippen molar-refractivity contribution < 1.29 is 0 Å². The van der Waals surface area contributed by atoms with E-state index in [4.69, 9.17) is 11.6 Å². The van der Waals surface area contributed by atoms with Crippen LogP contribution in [0.5, 0.6) is 0 Å². The highest BCUT2D eigenvalue weighted by Gasteiger charge is 1.99. The topological polar surface area (TPSA) is 29.9 Å². The Labute approximate surface area is 96.8 Å². The number of nitrogens with one attached hydrogen (secondary N) is 1. The van der Waals surface area contributed by atoms with Gasteiger partial charge in [0.25, 0.3) is 0 Å². The fraction of sp³-hybridized carbons (Fsp3) is 0.727. The lowest BCUT2D eigenvalue weighted by molar-refractivity contribution is 0.486. The number of rotatable bonds is 8. The van der Waals surface area contributed by atoms with Crippen molar-refractivity contribution in [3.8, 4) is 0 Å². The smallest absolute Gasteiger partial charge is 0.0945 e. The van der Waals surface area contributed by atoms with Crippen LogP contribution in [0, 0.1) is 0 Å². The van der Waals surface area contributed by atoms with Gasteiger partial charge in [0.05, 0.1) is 6.33 Å². The molecular formula is C11H20ClN3. The van der Waals surface area contributed by atoms with Gasteiger partial charge < -0.3 is 9.88 Å². The van der Waals surface area contributed by atoms with Crippen molar-refractivity contribution in [2.75, 3.05) is 12.4 Å². The van der Waals surface area contributed by atoms with Crippen molar-refractivity contribution in [3.05, 3.63) is 18.7 Å². The highest BCUT2D eigenvalue weighted by molar-refractivity contribution is 6.17. The Bertz CT molecular complexity index is 236. The molecule has 86 valence electrons. The van der Waals surface area contributed by atoms with E-state index in [1.165, 1.54) is 0 Å². The van der Waals surface area contributed by atoms with Crippen LogP contribution in [0.1, 0.15) is 26.2 Å². The standard InChI is InChI=1S/C11H20ClN3/c1-11(4-2-5-12)14-6-3-8-15-9-7-13-10-15/h7,9-11,14H,2-6,8H2,1H3. The molecule has 1 aromatic heterocycles. The minimum absolute atomic E-state index is 0.575. The summed E-state index contributed by atoms with van der Waals surface area (Å²) in [4.78, 5) is 4.00. The molecule has 0 spiro atoms. The van der Waals surface area contributed by atoms with Crippen LogP contribution in [-0.4, -0.2) is 28.0 Å². The molecule has 0 bridgehead atoms. The zero-order chi connectivity index (χ0) is 10.9. The number of aromatic nitrogens is 2. The zero-order valence-corrected chi connectivity index (χ0v) is 10.1. The molecule has 0 amide bonds. The minimum atomic E-state index is 0.575. The summed E-state index contributed by atoms with van der Waals surface area (Å²) in [7, 11) is 0. The van der Waals surface area contributed by atoms with E-state index >= 15 is 0 Å². The van der Waals surface area contributed by atoms with Gasteiger partial charge in [-0.1, -0.05) is 0 Å². The number of hydrogen-bond donors (Lipinski definition) is 1. The third-order valence-electron chi connectivity index (χ3n) is 2.42. The maximum absolute atomic E-state index is 5.64. The molecule has 1 atom stereocenters. The fourth-order valence-corrected chi connectivity index (χ4v) is 1.67. The summed E-state index contributed by atoms with van der Waals surface area (Å²) in [5.74, 6) is 0.765. The molecule has 1 unspecified atom stereocenters. The molecule has 0 aliphatic rings. The van der Waals surface area contributed by atoms with Gasteiger partial charge in [-0.3, -0.25) is 0 Å². The van der Waals surface area contributed by atoms with Crippen LogP contribution in [-0.2, 0) is 6.54 Å². The van der Waals surface area contributed by atoms with E-state index in [1.807, 2.05) is 18.7 Å².